The van der Waals surface area contributed by atoms with E-state index < -0.39 is 0 Å². The number of benzene rings is 1. The van der Waals surface area contributed by atoms with Gasteiger partial charge in [0.25, 0.3) is 5.91 Å². The van der Waals surface area contributed by atoms with Gasteiger partial charge in [-0.05, 0) is 62.9 Å². The summed E-state index contributed by atoms with van der Waals surface area (Å²) in [6.07, 6.45) is 2.17. The Balaban J connectivity index is 1.88. The molecule has 2 heterocycles. The summed E-state index contributed by atoms with van der Waals surface area (Å²) in [6.45, 7) is 8.21. The summed E-state index contributed by atoms with van der Waals surface area (Å²) in [4.78, 5) is 15.7. The van der Waals surface area contributed by atoms with E-state index in [2.05, 4.69) is 42.5 Å². The lowest BCUT2D eigenvalue weighted by Crippen LogP contribution is -2.45. The Bertz CT molecular complexity index is 681. The summed E-state index contributed by atoms with van der Waals surface area (Å²) < 4.78 is 0. The second-order valence-corrected chi connectivity index (χ2v) is 6.12. The normalized spacial score (nSPS) is 18.9. The van der Waals surface area contributed by atoms with E-state index in [-0.39, 0.29) is 11.9 Å². The second kappa shape index (κ2) is 5.53. The van der Waals surface area contributed by atoms with Gasteiger partial charge in [0.1, 0.15) is 5.69 Å². The molecule has 0 bridgehead atoms. The summed E-state index contributed by atoms with van der Waals surface area (Å²) in [5.41, 5.74) is 5.42. The summed E-state index contributed by atoms with van der Waals surface area (Å²) in [5, 5.41) is 7.58. The molecule has 1 fully saturated rings. The highest BCUT2D eigenvalue weighted by atomic mass is 16.1. The zero-order valence-corrected chi connectivity index (χ0v) is 13.0. The summed E-state index contributed by atoms with van der Waals surface area (Å²) in [7, 11) is 0. The fourth-order valence-electron chi connectivity index (χ4n) is 3.13. The SMILES string of the molecule is Cc1cc(C)c2cc(C(=O)NC3CCCNC3)[nH]c2c1C. The standard InChI is InChI=1S/C17H23N3O/c1-10-7-11(2)14-8-15(20-16(14)12(10)3)17(21)19-13-5-4-6-18-9-13/h7-8,13,18,20H,4-6,9H2,1-3H3,(H,19,21). The first kappa shape index (κ1) is 14.1. The number of amides is 1. The van der Waals surface area contributed by atoms with E-state index in [0.717, 1.165) is 36.8 Å². The van der Waals surface area contributed by atoms with Crippen molar-refractivity contribution >= 4 is 16.8 Å². The molecule has 3 N–H and O–H groups in total. The maximum absolute atomic E-state index is 12.4. The topological polar surface area (TPSA) is 56.9 Å². The van der Waals surface area contributed by atoms with Crippen LogP contribution in [0.1, 0.15) is 40.0 Å². The van der Waals surface area contributed by atoms with Gasteiger partial charge in [-0.15, -0.1) is 0 Å². The monoisotopic (exact) mass is 285 g/mol. The number of hydrogen-bond donors (Lipinski definition) is 3. The summed E-state index contributed by atoms with van der Waals surface area (Å²) in [6, 6.07) is 4.39. The highest BCUT2D eigenvalue weighted by Crippen LogP contribution is 2.25. The Kier molecular flexibility index (Phi) is 3.72. The smallest absolute Gasteiger partial charge is 0.267 e. The quantitative estimate of drug-likeness (QED) is 0.794. The van der Waals surface area contributed by atoms with Crippen molar-refractivity contribution in [3.63, 3.8) is 0 Å². The van der Waals surface area contributed by atoms with Crippen LogP contribution >= 0.6 is 0 Å². The van der Waals surface area contributed by atoms with Crippen LogP contribution in [-0.2, 0) is 0 Å². The van der Waals surface area contributed by atoms with Crippen molar-refractivity contribution < 1.29 is 4.79 Å². The number of nitrogens with one attached hydrogen (secondary N) is 3. The molecule has 1 saturated heterocycles. The van der Waals surface area contributed by atoms with Crippen LogP contribution in [0.3, 0.4) is 0 Å². The van der Waals surface area contributed by atoms with E-state index in [1.54, 1.807) is 0 Å². The van der Waals surface area contributed by atoms with Crippen LogP contribution in [0.4, 0.5) is 0 Å². The van der Waals surface area contributed by atoms with Crippen LogP contribution in [0, 0.1) is 20.8 Å². The molecule has 1 atom stereocenters. The number of aryl methyl sites for hydroxylation is 3. The fraction of sp³-hybridized carbons (Fsp3) is 0.471. The van der Waals surface area contributed by atoms with Gasteiger partial charge in [0.15, 0.2) is 0 Å². The first-order valence-corrected chi connectivity index (χ1v) is 7.67. The van der Waals surface area contributed by atoms with Gasteiger partial charge < -0.3 is 15.6 Å². The molecule has 1 aliphatic heterocycles. The van der Waals surface area contributed by atoms with Crippen molar-refractivity contribution in [1.29, 1.82) is 0 Å². The minimum Gasteiger partial charge on any atom is -0.350 e. The maximum Gasteiger partial charge on any atom is 0.267 e. The number of carbonyl (C=O) groups is 1. The molecule has 3 rings (SSSR count). The number of piperidine rings is 1. The van der Waals surface area contributed by atoms with Crippen LogP contribution in [0.25, 0.3) is 10.9 Å². The maximum atomic E-state index is 12.4. The highest BCUT2D eigenvalue weighted by molar-refractivity contribution is 6.00. The number of H-pyrrole nitrogens is 1. The zero-order chi connectivity index (χ0) is 15.0. The van der Waals surface area contributed by atoms with Crippen molar-refractivity contribution in [2.24, 2.45) is 0 Å². The van der Waals surface area contributed by atoms with E-state index in [9.17, 15) is 4.79 Å². The molecule has 0 saturated carbocycles. The number of fused-ring (bicyclic) bond motifs is 1. The molecule has 2 aromatic rings. The molecule has 1 unspecified atom stereocenters. The molecule has 1 amide bonds. The van der Waals surface area contributed by atoms with Gasteiger partial charge in [-0.1, -0.05) is 6.07 Å². The Morgan fingerprint density at radius 1 is 1.24 bits per heavy atom. The third kappa shape index (κ3) is 2.68. The first-order chi connectivity index (χ1) is 10.1. The minimum absolute atomic E-state index is 0.00338. The molecule has 0 spiro atoms. The fourth-order valence-corrected chi connectivity index (χ4v) is 3.13. The number of aromatic amines is 1. The molecule has 0 aliphatic carbocycles. The molecule has 21 heavy (non-hydrogen) atoms. The molecule has 4 nitrogen and oxygen atoms in total. The van der Waals surface area contributed by atoms with Gasteiger partial charge in [-0.25, -0.2) is 0 Å². The van der Waals surface area contributed by atoms with Crippen LogP contribution in [0.2, 0.25) is 0 Å². The van der Waals surface area contributed by atoms with Crippen LogP contribution in [-0.4, -0.2) is 30.0 Å². The molecule has 112 valence electrons. The van der Waals surface area contributed by atoms with Gasteiger partial charge in [-0.3, -0.25) is 4.79 Å². The lowest BCUT2D eigenvalue weighted by Gasteiger charge is -2.23. The molecule has 1 aromatic heterocycles. The first-order valence-electron chi connectivity index (χ1n) is 7.67. The Morgan fingerprint density at radius 2 is 2.05 bits per heavy atom. The summed E-state index contributed by atoms with van der Waals surface area (Å²) >= 11 is 0. The van der Waals surface area contributed by atoms with E-state index in [4.69, 9.17) is 0 Å². The second-order valence-electron chi connectivity index (χ2n) is 6.12. The summed E-state index contributed by atoms with van der Waals surface area (Å²) in [5.74, 6) is -0.00338. The van der Waals surface area contributed by atoms with Crippen molar-refractivity contribution in [3.8, 4) is 0 Å². The molecular weight excluding hydrogens is 262 g/mol. The van der Waals surface area contributed by atoms with Gasteiger partial charge in [0.2, 0.25) is 0 Å². The van der Waals surface area contributed by atoms with Crippen molar-refractivity contribution in [1.82, 2.24) is 15.6 Å². The van der Waals surface area contributed by atoms with Crippen LogP contribution in [0.15, 0.2) is 12.1 Å². The minimum atomic E-state index is -0.00338. The Hall–Kier alpha value is -1.81. The molecule has 4 heteroatoms. The van der Waals surface area contributed by atoms with Gasteiger partial charge in [0, 0.05) is 23.5 Å². The lowest BCUT2D eigenvalue weighted by atomic mass is 10.0. The van der Waals surface area contributed by atoms with Gasteiger partial charge >= 0.3 is 0 Å². The van der Waals surface area contributed by atoms with Crippen molar-refractivity contribution in [2.75, 3.05) is 13.1 Å². The third-order valence-electron chi connectivity index (χ3n) is 4.52. The van der Waals surface area contributed by atoms with Crippen molar-refractivity contribution in [2.45, 2.75) is 39.7 Å². The molecule has 0 radical (unpaired) electrons. The van der Waals surface area contributed by atoms with Crippen LogP contribution < -0.4 is 10.6 Å². The number of rotatable bonds is 2. The Labute approximate surface area is 125 Å². The van der Waals surface area contributed by atoms with Crippen molar-refractivity contribution in [3.05, 3.63) is 34.5 Å². The number of carbonyl (C=O) groups excluding carboxylic acids is 1. The predicted octanol–water partition coefficient (Wildman–Crippen LogP) is 2.57. The Morgan fingerprint density at radius 3 is 2.76 bits per heavy atom. The third-order valence-corrected chi connectivity index (χ3v) is 4.52. The average molecular weight is 285 g/mol. The molecular formula is C17H23N3O. The molecule has 1 aliphatic rings. The van der Waals surface area contributed by atoms with Gasteiger partial charge in [-0.2, -0.15) is 0 Å². The largest absolute Gasteiger partial charge is 0.350 e. The molecule has 1 aromatic carbocycles. The predicted molar refractivity (Wildman–Crippen MR) is 85.9 cm³/mol. The lowest BCUT2D eigenvalue weighted by molar-refractivity contribution is 0.0926. The number of aromatic nitrogens is 1. The van der Waals surface area contributed by atoms with Crippen LogP contribution in [0.5, 0.6) is 0 Å². The zero-order valence-electron chi connectivity index (χ0n) is 13.0. The van der Waals surface area contributed by atoms with E-state index in [1.165, 1.54) is 16.7 Å². The number of hydrogen-bond acceptors (Lipinski definition) is 2. The van der Waals surface area contributed by atoms with E-state index in [0.29, 0.717) is 5.69 Å². The average Bonchev–Trinajstić information content (AvgIpc) is 2.92. The highest BCUT2D eigenvalue weighted by Gasteiger charge is 2.18. The van der Waals surface area contributed by atoms with Gasteiger partial charge in [0.05, 0.1) is 0 Å². The van der Waals surface area contributed by atoms with E-state index >= 15 is 0 Å². The van der Waals surface area contributed by atoms with E-state index in [1.807, 2.05) is 6.07 Å².